The lowest BCUT2D eigenvalue weighted by Crippen LogP contribution is -2.38. The van der Waals surface area contributed by atoms with Crippen LogP contribution in [0.25, 0.3) is 10.2 Å². The SMILES string of the molecule is CCN(CC)CCN(C(=O)c1ccc(Br)s1)c1nc2c(S(C)(=O)=O)cccc2s1. The number of carbonyl (C=O) groups is 1. The number of aromatic nitrogens is 1. The van der Waals surface area contributed by atoms with Crippen molar-refractivity contribution in [1.29, 1.82) is 0 Å². The molecule has 0 aliphatic rings. The largest absolute Gasteiger partial charge is 0.302 e. The first-order chi connectivity index (χ1) is 13.7. The molecule has 0 spiro atoms. The minimum Gasteiger partial charge on any atom is -0.302 e. The predicted octanol–water partition coefficient (Wildman–Crippen LogP) is 4.51. The Morgan fingerprint density at radius 3 is 2.41 bits per heavy atom. The zero-order chi connectivity index (χ0) is 21.2. The number of anilines is 1. The maximum Gasteiger partial charge on any atom is 0.270 e. The molecule has 0 fully saturated rings. The van der Waals surface area contributed by atoms with E-state index < -0.39 is 9.84 Å². The highest BCUT2D eigenvalue weighted by Crippen LogP contribution is 2.34. The quantitative estimate of drug-likeness (QED) is 0.441. The molecule has 29 heavy (non-hydrogen) atoms. The number of carbonyl (C=O) groups excluding carboxylic acids is 1. The molecule has 3 rings (SSSR count). The van der Waals surface area contributed by atoms with Gasteiger partial charge in [-0.25, -0.2) is 13.4 Å². The number of para-hydroxylation sites is 1. The van der Waals surface area contributed by atoms with Gasteiger partial charge in [0.1, 0.15) is 5.52 Å². The van der Waals surface area contributed by atoms with Crippen LogP contribution in [0.3, 0.4) is 0 Å². The number of hydrogen-bond donors (Lipinski definition) is 0. The van der Waals surface area contributed by atoms with E-state index in [-0.39, 0.29) is 10.8 Å². The molecular weight excluding hydrogens is 494 g/mol. The topological polar surface area (TPSA) is 70.6 Å². The van der Waals surface area contributed by atoms with E-state index in [1.54, 1.807) is 23.1 Å². The van der Waals surface area contributed by atoms with Crippen LogP contribution < -0.4 is 4.90 Å². The van der Waals surface area contributed by atoms with Crippen LogP contribution in [0.4, 0.5) is 5.13 Å². The molecule has 0 bridgehead atoms. The van der Waals surface area contributed by atoms with Crippen molar-refractivity contribution < 1.29 is 13.2 Å². The molecule has 0 unspecified atom stereocenters. The Morgan fingerprint density at radius 2 is 1.83 bits per heavy atom. The summed E-state index contributed by atoms with van der Waals surface area (Å²) >= 11 is 6.12. The van der Waals surface area contributed by atoms with Crippen molar-refractivity contribution in [3.05, 3.63) is 39.0 Å². The van der Waals surface area contributed by atoms with Crippen LogP contribution in [0.2, 0.25) is 0 Å². The molecule has 10 heteroatoms. The van der Waals surface area contributed by atoms with Crippen LogP contribution in [0.15, 0.2) is 39.0 Å². The van der Waals surface area contributed by atoms with Crippen molar-refractivity contribution >= 4 is 69.7 Å². The Hall–Kier alpha value is -1.33. The summed E-state index contributed by atoms with van der Waals surface area (Å²) in [5.74, 6) is -0.132. The molecule has 0 saturated carbocycles. The molecule has 0 radical (unpaired) electrons. The van der Waals surface area contributed by atoms with Crippen molar-refractivity contribution in [3.8, 4) is 0 Å². The first-order valence-electron chi connectivity index (χ1n) is 9.13. The highest BCUT2D eigenvalue weighted by atomic mass is 79.9. The van der Waals surface area contributed by atoms with Gasteiger partial charge in [-0.1, -0.05) is 31.3 Å². The van der Waals surface area contributed by atoms with Gasteiger partial charge in [-0.15, -0.1) is 11.3 Å². The highest BCUT2D eigenvalue weighted by molar-refractivity contribution is 9.11. The second-order valence-corrected chi connectivity index (χ2v) is 11.9. The molecule has 2 heterocycles. The van der Waals surface area contributed by atoms with Crippen molar-refractivity contribution in [3.63, 3.8) is 0 Å². The third-order valence-corrected chi connectivity index (χ3v) is 8.35. The number of amides is 1. The van der Waals surface area contributed by atoms with Crippen LogP contribution in [-0.2, 0) is 9.84 Å². The van der Waals surface area contributed by atoms with E-state index >= 15 is 0 Å². The highest BCUT2D eigenvalue weighted by Gasteiger charge is 2.24. The van der Waals surface area contributed by atoms with Crippen molar-refractivity contribution in [2.75, 3.05) is 37.3 Å². The maximum absolute atomic E-state index is 13.3. The summed E-state index contributed by atoms with van der Waals surface area (Å²) in [6.07, 6.45) is 1.17. The summed E-state index contributed by atoms with van der Waals surface area (Å²) in [6.45, 7) is 7.14. The van der Waals surface area contributed by atoms with E-state index in [1.807, 2.05) is 12.1 Å². The van der Waals surface area contributed by atoms with Crippen molar-refractivity contribution in [2.45, 2.75) is 18.7 Å². The molecule has 0 aliphatic carbocycles. The van der Waals surface area contributed by atoms with Gasteiger partial charge in [0.05, 0.1) is 18.3 Å². The van der Waals surface area contributed by atoms with E-state index in [1.165, 1.54) is 28.9 Å². The standard InChI is InChI=1S/C19H22BrN3O3S3/c1-4-22(5-2)11-12-23(18(24)14-9-10-16(20)27-14)19-21-17-13(28-19)7-6-8-15(17)29(3,25)26/h6-10H,4-5,11-12H2,1-3H3. The van der Waals surface area contributed by atoms with E-state index in [0.717, 1.165) is 21.6 Å². The number of sulfone groups is 1. The fraction of sp³-hybridized carbons (Fsp3) is 0.368. The zero-order valence-corrected chi connectivity index (χ0v) is 20.4. The summed E-state index contributed by atoms with van der Waals surface area (Å²) in [4.78, 5) is 22.5. The second kappa shape index (κ2) is 9.22. The third-order valence-electron chi connectivity index (χ3n) is 4.56. The van der Waals surface area contributed by atoms with Gasteiger partial charge >= 0.3 is 0 Å². The number of nitrogens with zero attached hydrogens (tertiary/aromatic N) is 3. The summed E-state index contributed by atoms with van der Waals surface area (Å²) in [6, 6.07) is 8.73. The van der Waals surface area contributed by atoms with Gasteiger partial charge in [-0.05, 0) is 53.3 Å². The lowest BCUT2D eigenvalue weighted by atomic mass is 10.3. The lowest BCUT2D eigenvalue weighted by Gasteiger charge is -2.24. The first kappa shape index (κ1) is 22.4. The molecule has 0 saturated heterocycles. The molecule has 1 amide bonds. The number of thiazole rings is 1. The number of thiophene rings is 1. The van der Waals surface area contributed by atoms with Crippen molar-refractivity contribution in [1.82, 2.24) is 9.88 Å². The summed E-state index contributed by atoms with van der Waals surface area (Å²) in [5.41, 5.74) is 0.419. The van der Waals surface area contributed by atoms with Gasteiger partial charge in [0.15, 0.2) is 15.0 Å². The van der Waals surface area contributed by atoms with Gasteiger partial charge in [0.25, 0.3) is 5.91 Å². The Balaban J connectivity index is 2.04. The molecule has 1 aromatic carbocycles. The molecule has 156 valence electrons. The molecule has 2 aromatic heterocycles. The molecule has 0 aliphatic heterocycles. The lowest BCUT2D eigenvalue weighted by molar-refractivity contribution is 0.0987. The smallest absolute Gasteiger partial charge is 0.270 e. The second-order valence-electron chi connectivity index (χ2n) is 6.46. The average molecular weight is 517 g/mol. The minimum atomic E-state index is -3.42. The summed E-state index contributed by atoms with van der Waals surface area (Å²) in [5, 5.41) is 0.512. The van der Waals surface area contributed by atoms with Crippen LogP contribution in [0.5, 0.6) is 0 Å². The number of halogens is 1. The number of rotatable bonds is 8. The van der Waals surface area contributed by atoms with E-state index in [2.05, 4.69) is 39.7 Å². The first-order valence-corrected chi connectivity index (χ1v) is 13.5. The van der Waals surface area contributed by atoms with Crippen LogP contribution in [0, 0.1) is 0 Å². The van der Waals surface area contributed by atoms with Crippen LogP contribution >= 0.6 is 38.6 Å². The summed E-state index contributed by atoms with van der Waals surface area (Å²) < 4.78 is 25.9. The molecule has 0 atom stereocenters. The molecular formula is C19H22BrN3O3S3. The van der Waals surface area contributed by atoms with Crippen LogP contribution in [-0.4, -0.2) is 56.6 Å². The number of fused-ring (bicyclic) bond motifs is 1. The Morgan fingerprint density at radius 1 is 1.10 bits per heavy atom. The van der Waals surface area contributed by atoms with E-state index in [9.17, 15) is 13.2 Å². The van der Waals surface area contributed by atoms with E-state index in [0.29, 0.717) is 28.6 Å². The fourth-order valence-electron chi connectivity index (χ4n) is 2.95. The number of likely N-dealkylation sites (N-methyl/N-ethyl adjacent to an activating group) is 1. The zero-order valence-electron chi connectivity index (χ0n) is 16.4. The Kier molecular flexibility index (Phi) is 7.10. The van der Waals surface area contributed by atoms with Gasteiger partial charge in [-0.2, -0.15) is 0 Å². The van der Waals surface area contributed by atoms with E-state index in [4.69, 9.17) is 0 Å². The predicted molar refractivity (Wildman–Crippen MR) is 124 cm³/mol. The van der Waals surface area contributed by atoms with Crippen LogP contribution in [0.1, 0.15) is 23.5 Å². The van der Waals surface area contributed by atoms with Gasteiger partial charge in [0, 0.05) is 19.3 Å². The number of hydrogen-bond acceptors (Lipinski definition) is 7. The minimum absolute atomic E-state index is 0.132. The average Bonchev–Trinajstić information content (AvgIpc) is 3.29. The summed E-state index contributed by atoms with van der Waals surface area (Å²) in [7, 11) is -3.42. The Bertz CT molecular complexity index is 1120. The monoisotopic (exact) mass is 515 g/mol. The molecule has 3 aromatic rings. The van der Waals surface area contributed by atoms with Gasteiger partial charge in [-0.3, -0.25) is 9.69 Å². The fourth-order valence-corrected chi connectivity index (χ4v) is 6.20. The third kappa shape index (κ3) is 5.05. The Labute approximate surface area is 187 Å². The molecule has 6 nitrogen and oxygen atoms in total. The molecule has 0 N–H and O–H groups in total. The van der Waals surface area contributed by atoms with Gasteiger partial charge in [0.2, 0.25) is 0 Å². The van der Waals surface area contributed by atoms with Gasteiger partial charge < -0.3 is 4.90 Å². The number of benzene rings is 1. The van der Waals surface area contributed by atoms with Crippen molar-refractivity contribution in [2.24, 2.45) is 0 Å². The maximum atomic E-state index is 13.3. The normalized spacial score (nSPS) is 12.0.